The molecule has 1 aliphatic rings. The predicted molar refractivity (Wildman–Crippen MR) is 91.1 cm³/mol. The van der Waals surface area contributed by atoms with E-state index in [0.717, 1.165) is 25.2 Å². The molecule has 4 nitrogen and oxygen atoms in total. The van der Waals surface area contributed by atoms with Gasteiger partial charge in [0.2, 0.25) is 5.91 Å². The molecule has 0 aromatic heterocycles. The van der Waals surface area contributed by atoms with Crippen molar-refractivity contribution >= 4 is 17.5 Å². The van der Waals surface area contributed by atoms with Crippen molar-refractivity contribution in [2.75, 3.05) is 33.7 Å². The number of amides is 1. The van der Waals surface area contributed by atoms with Crippen LogP contribution < -0.4 is 5.32 Å². The van der Waals surface area contributed by atoms with Gasteiger partial charge in [-0.25, -0.2) is 0 Å². The van der Waals surface area contributed by atoms with E-state index in [2.05, 4.69) is 29.2 Å². The Kier molecular flexibility index (Phi) is 6.68. The van der Waals surface area contributed by atoms with Gasteiger partial charge in [-0.15, -0.1) is 0 Å². The maximum atomic E-state index is 12.0. The van der Waals surface area contributed by atoms with E-state index in [1.165, 1.54) is 12.8 Å². The first-order chi connectivity index (χ1) is 10.5. The Labute approximate surface area is 138 Å². The minimum atomic E-state index is 0.104. The number of hydrogen-bond acceptors (Lipinski definition) is 3. The van der Waals surface area contributed by atoms with Gasteiger partial charge in [0.1, 0.15) is 0 Å². The molecule has 1 saturated heterocycles. The van der Waals surface area contributed by atoms with Crippen LogP contribution in [0.15, 0.2) is 24.3 Å². The third-order valence-electron chi connectivity index (χ3n) is 4.24. The molecule has 1 amide bonds. The topological polar surface area (TPSA) is 35.6 Å². The average Bonchev–Trinajstić information content (AvgIpc) is 2.51. The van der Waals surface area contributed by atoms with Crippen molar-refractivity contribution in [2.24, 2.45) is 0 Å². The summed E-state index contributed by atoms with van der Waals surface area (Å²) < 4.78 is 0. The van der Waals surface area contributed by atoms with E-state index >= 15 is 0 Å². The first kappa shape index (κ1) is 17.3. The van der Waals surface area contributed by atoms with Crippen LogP contribution in [0.1, 0.15) is 24.8 Å². The number of halogens is 1. The van der Waals surface area contributed by atoms with Gasteiger partial charge in [0.25, 0.3) is 0 Å². The minimum absolute atomic E-state index is 0.104. The second-order valence-corrected chi connectivity index (χ2v) is 6.65. The number of piperidine rings is 1. The molecule has 1 aromatic carbocycles. The predicted octanol–water partition coefficient (Wildman–Crippen LogP) is 2.37. The molecule has 1 atom stereocenters. The summed E-state index contributed by atoms with van der Waals surface area (Å²) in [6.07, 6.45) is 3.03. The molecule has 1 unspecified atom stereocenters. The molecule has 1 heterocycles. The van der Waals surface area contributed by atoms with E-state index in [-0.39, 0.29) is 5.91 Å². The van der Waals surface area contributed by atoms with E-state index in [4.69, 9.17) is 11.6 Å². The molecule has 0 radical (unpaired) electrons. The Morgan fingerprint density at radius 2 is 2.27 bits per heavy atom. The normalized spacial score (nSPS) is 19.4. The highest BCUT2D eigenvalue weighted by atomic mass is 35.5. The monoisotopic (exact) mass is 323 g/mol. The van der Waals surface area contributed by atoms with Crippen molar-refractivity contribution in [1.82, 2.24) is 15.1 Å². The van der Waals surface area contributed by atoms with E-state index in [1.807, 2.05) is 24.3 Å². The largest absolute Gasteiger partial charge is 0.352 e. The number of nitrogens with zero attached hydrogens (tertiary/aromatic N) is 2. The quantitative estimate of drug-likeness (QED) is 0.873. The lowest BCUT2D eigenvalue weighted by Crippen LogP contribution is -2.46. The van der Waals surface area contributed by atoms with Crippen LogP contribution in [-0.4, -0.2) is 55.5 Å². The third-order valence-corrected chi connectivity index (χ3v) is 4.48. The molecule has 1 fully saturated rings. The number of likely N-dealkylation sites (tertiary alicyclic amines) is 1. The first-order valence-corrected chi connectivity index (χ1v) is 8.32. The molecule has 0 aliphatic carbocycles. The zero-order chi connectivity index (χ0) is 15.9. The number of rotatable bonds is 6. The van der Waals surface area contributed by atoms with Crippen molar-refractivity contribution in [1.29, 1.82) is 0 Å². The van der Waals surface area contributed by atoms with Crippen LogP contribution in [0.25, 0.3) is 0 Å². The Morgan fingerprint density at radius 1 is 1.45 bits per heavy atom. The molecule has 2 rings (SSSR count). The minimum Gasteiger partial charge on any atom is -0.352 e. The summed E-state index contributed by atoms with van der Waals surface area (Å²) in [5, 5.41) is 3.67. The maximum absolute atomic E-state index is 12.0. The first-order valence-electron chi connectivity index (χ1n) is 7.94. The molecular formula is C17H26ClN3O. The van der Waals surface area contributed by atoms with Gasteiger partial charge in [-0.1, -0.05) is 23.7 Å². The number of nitrogens with one attached hydrogen (secondary N) is 1. The van der Waals surface area contributed by atoms with Crippen molar-refractivity contribution in [3.05, 3.63) is 34.9 Å². The van der Waals surface area contributed by atoms with Crippen LogP contribution in [0.5, 0.6) is 0 Å². The van der Waals surface area contributed by atoms with Gasteiger partial charge in [0.05, 0.1) is 0 Å². The summed E-state index contributed by atoms with van der Waals surface area (Å²) >= 11 is 5.94. The smallest absolute Gasteiger partial charge is 0.221 e. The fourth-order valence-corrected chi connectivity index (χ4v) is 3.06. The van der Waals surface area contributed by atoms with E-state index in [0.29, 0.717) is 24.0 Å². The Balaban J connectivity index is 1.69. The van der Waals surface area contributed by atoms with Crippen LogP contribution in [0.4, 0.5) is 0 Å². The summed E-state index contributed by atoms with van der Waals surface area (Å²) in [6.45, 7) is 3.55. The molecule has 1 N–H and O–H groups in total. The van der Waals surface area contributed by atoms with Crippen LogP contribution in [0.2, 0.25) is 5.02 Å². The SMILES string of the molecule is CN(C)C1CCCN(CCC(=O)NCc2cccc(Cl)c2)C1. The van der Waals surface area contributed by atoms with Gasteiger partial charge in [0, 0.05) is 37.1 Å². The molecule has 0 bridgehead atoms. The van der Waals surface area contributed by atoms with Crippen molar-refractivity contribution in [2.45, 2.75) is 31.8 Å². The highest BCUT2D eigenvalue weighted by Crippen LogP contribution is 2.14. The lowest BCUT2D eigenvalue weighted by molar-refractivity contribution is -0.121. The summed E-state index contributed by atoms with van der Waals surface area (Å²) in [4.78, 5) is 16.7. The summed E-state index contributed by atoms with van der Waals surface area (Å²) in [6, 6.07) is 8.21. The highest BCUT2D eigenvalue weighted by molar-refractivity contribution is 6.30. The lowest BCUT2D eigenvalue weighted by atomic mass is 10.0. The van der Waals surface area contributed by atoms with Gasteiger partial charge in [-0.2, -0.15) is 0 Å². The summed E-state index contributed by atoms with van der Waals surface area (Å²) in [7, 11) is 4.26. The van der Waals surface area contributed by atoms with E-state index in [9.17, 15) is 4.79 Å². The van der Waals surface area contributed by atoms with Crippen LogP contribution in [0.3, 0.4) is 0 Å². The van der Waals surface area contributed by atoms with Gasteiger partial charge in [0.15, 0.2) is 0 Å². The number of likely N-dealkylation sites (N-methyl/N-ethyl adjacent to an activating group) is 1. The molecule has 5 heteroatoms. The Hall–Kier alpha value is -1.10. The second kappa shape index (κ2) is 8.51. The lowest BCUT2D eigenvalue weighted by Gasteiger charge is -2.36. The number of carbonyl (C=O) groups is 1. The fraction of sp³-hybridized carbons (Fsp3) is 0.588. The zero-order valence-electron chi connectivity index (χ0n) is 13.5. The molecule has 1 aliphatic heterocycles. The van der Waals surface area contributed by atoms with Crippen molar-refractivity contribution < 1.29 is 4.79 Å². The van der Waals surface area contributed by atoms with Crippen molar-refractivity contribution in [3.63, 3.8) is 0 Å². The van der Waals surface area contributed by atoms with Crippen LogP contribution in [0, 0.1) is 0 Å². The third kappa shape index (κ3) is 5.59. The summed E-state index contributed by atoms with van der Waals surface area (Å²) in [5.41, 5.74) is 1.03. The number of hydrogen-bond donors (Lipinski definition) is 1. The van der Waals surface area contributed by atoms with Gasteiger partial charge in [-0.05, 0) is 51.2 Å². The average molecular weight is 324 g/mol. The maximum Gasteiger partial charge on any atom is 0.221 e. The van der Waals surface area contributed by atoms with Gasteiger partial charge >= 0.3 is 0 Å². The zero-order valence-corrected chi connectivity index (χ0v) is 14.3. The van der Waals surface area contributed by atoms with Gasteiger partial charge < -0.3 is 15.1 Å². The highest BCUT2D eigenvalue weighted by Gasteiger charge is 2.21. The molecular weight excluding hydrogens is 298 g/mol. The Morgan fingerprint density at radius 3 is 3.00 bits per heavy atom. The van der Waals surface area contributed by atoms with Crippen LogP contribution in [-0.2, 0) is 11.3 Å². The summed E-state index contributed by atoms with van der Waals surface area (Å²) in [5.74, 6) is 0.104. The second-order valence-electron chi connectivity index (χ2n) is 6.22. The van der Waals surface area contributed by atoms with E-state index < -0.39 is 0 Å². The number of benzene rings is 1. The molecule has 1 aromatic rings. The standard InChI is InChI=1S/C17H26ClN3O/c1-20(2)16-7-4-9-21(13-16)10-8-17(22)19-12-14-5-3-6-15(18)11-14/h3,5-6,11,16H,4,7-10,12-13H2,1-2H3,(H,19,22). The molecule has 22 heavy (non-hydrogen) atoms. The fourth-order valence-electron chi connectivity index (χ4n) is 2.85. The molecule has 122 valence electrons. The molecule has 0 saturated carbocycles. The van der Waals surface area contributed by atoms with E-state index in [1.54, 1.807) is 0 Å². The van der Waals surface area contributed by atoms with Gasteiger partial charge in [-0.3, -0.25) is 4.79 Å². The molecule has 0 spiro atoms. The van der Waals surface area contributed by atoms with Crippen molar-refractivity contribution in [3.8, 4) is 0 Å². The Bertz CT molecular complexity index is 493. The number of carbonyl (C=O) groups excluding carboxylic acids is 1. The van der Waals surface area contributed by atoms with Crippen LogP contribution >= 0.6 is 11.6 Å².